The van der Waals surface area contributed by atoms with Gasteiger partial charge in [0.1, 0.15) is 28.2 Å². The molecule has 0 bridgehead atoms. The lowest BCUT2D eigenvalue weighted by molar-refractivity contribution is -0.443. The van der Waals surface area contributed by atoms with E-state index < -0.39 is 31.1 Å². The number of anilines is 1. The Morgan fingerprint density at radius 1 is 0.952 bits per heavy atom. The fourth-order valence-corrected chi connectivity index (χ4v) is 12.5. The van der Waals surface area contributed by atoms with Gasteiger partial charge < -0.3 is 15.0 Å². The smallest absolute Gasteiger partial charge is 0.295 e. The zero-order chi connectivity index (χ0) is 44.7. The summed E-state index contributed by atoms with van der Waals surface area (Å²) in [5.74, 6) is 0.645. The quantitative estimate of drug-likeness (QED) is 0.0425. The number of nitrogens with one attached hydrogen (secondary N) is 1. The van der Waals surface area contributed by atoms with Crippen LogP contribution in [0, 0.1) is 11.3 Å². The average molecular weight is 911 g/mol. The molecule has 3 aromatic carbocycles. The van der Waals surface area contributed by atoms with Crippen LogP contribution >= 0.6 is 11.3 Å². The third kappa shape index (κ3) is 8.61. The Morgan fingerprint density at radius 3 is 2.46 bits per heavy atom. The molecule has 16 heteroatoms. The highest BCUT2D eigenvalue weighted by Gasteiger charge is 2.50. The molecule has 4 aromatic rings. The summed E-state index contributed by atoms with van der Waals surface area (Å²) in [5, 5.41) is 12.5. The monoisotopic (exact) mass is 910 g/mol. The van der Waals surface area contributed by atoms with Gasteiger partial charge in [-0.15, -0.1) is 11.3 Å². The second-order valence-electron chi connectivity index (χ2n) is 17.4. The van der Waals surface area contributed by atoms with Gasteiger partial charge in [0.05, 0.1) is 27.8 Å². The number of unbranched alkanes of at least 4 members (excludes halogenated alkanes) is 2. The minimum absolute atomic E-state index is 0.0423. The van der Waals surface area contributed by atoms with Crippen LogP contribution in [0.1, 0.15) is 99.4 Å². The molecule has 4 aliphatic rings. The lowest BCUT2D eigenvalue weighted by atomic mass is 9.76. The van der Waals surface area contributed by atoms with E-state index in [2.05, 4.69) is 25.8 Å². The van der Waals surface area contributed by atoms with E-state index in [1.54, 1.807) is 6.07 Å². The number of ether oxygens (including phenoxy) is 1. The van der Waals surface area contributed by atoms with Crippen LogP contribution in [0.15, 0.2) is 88.3 Å². The minimum Gasteiger partial charge on any atom is -0.493 e. The molecule has 1 atom stereocenters. The average Bonchev–Trinajstić information content (AvgIpc) is 3.84. The maximum atomic E-state index is 12.9. The molecule has 13 nitrogen and oxygen atoms in total. The number of hydrogen-bond donors (Lipinski definition) is 3. The Bertz CT molecular complexity index is 2910. The highest BCUT2D eigenvalue weighted by atomic mass is 32.2. The molecule has 5 heterocycles. The fraction of sp³-hybridized carbons (Fsp3) is 0.404. The van der Waals surface area contributed by atoms with Gasteiger partial charge in [0, 0.05) is 59.9 Å². The second kappa shape index (κ2) is 17.4. The summed E-state index contributed by atoms with van der Waals surface area (Å²) in [5.41, 5.74) is 6.26. The van der Waals surface area contributed by atoms with Crippen LogP contribution in [-0.4, -0.2) is 73.4 Å². The van der Waals surface area contributed by atoms with E-state index in [1.807, 2.05) is 75.4 Å². The van der Waals surface area contributed by atoms with Crippen molar-refractivity contribution in [3.05, 3.63) is 106 Å². The van der Waals surface area contributed by atoms with Crippen molar-refractivity contribution in [2.75, 3.05) is 31.1 Å². The molecule has 0 spiro atoms. The van der Waals surface area contributed by atoms with Gasteiger partial charge in [0.25, 0.3) is 20.2 Å². The van der Waals surface area contributed by atoms with Gasteiger partial charge in [-0.3, -0.25) is 13.9 Å². The van der Waals surface area contributed by atoms with Crippen LogP contribution in [0.3, 0.4) is 0 Å². The van der Waals surface area contributed by atoms with Crippen molar-refractivity contribution in [2.24, 2.45) is 0 Å². The van der Waals surface area contributed by atoms with Crippen LogP contribution in [-0.2, 0) is 48.7 Å². The van der Waals surface area contributed by atoms with Crippen LogP contribution in [0.25, 0.3) is 10.2 Å². The van der Waals surface area contributed by atoms with Crippen molar-refractivity contribution < 1.29 is 40.0 Å². The molecule has 1 unspecified atom stereocenters. The SMILES string of the molecule is CC1(C)C(C=CC=CC=C2N3CCCc4ccc(S(=O)(=O)O)c(c43)C2(C)CCCCCC(=O)NCCCOc2ccc3nc(C#N)sc3c2)=[N+]2CCCc3ccc(S(=O)(=O)O)c1c32. The first kappa shape index (κ1) is 44.4. The molecular formula is C47H52N5O8S3+. The summed E-state index contributed by atoms with van der Waals surface area (Å²) < 4.78 is 80.3. The van der Waals surface area contributed by atoms with Gasteiger partial charge in [-0.05, 0) is 101 Å². The molecule has 8 rings (SSSR count). The predicted octanol–water partition coefficient (Wildman–Crippen LogP) is 8.24. The van der Waals surface area contributed by atoms with Gasteiger partial charge in [-0.2, -0.15) is 26.7 Å². The number of nitrogens with zero attached hydrogens (tertiary/aromatic N) is 4. The van der Waals surface area contributed by atoms with Crippen molar-refractivity contribution in [3.8, 4) is 11.8 Å². The number of allylic oxidation sites excluding steroid dienone is 6. The molecule has 3 N–H and O–H groups in total. The molecule has 0 saturated heterocycles. The zero-order valence-electron chi connectivity index (χ0n) is 35.7. The largest absolute Gasteiger partial charge is 0.493 e. The number of amides is 1. The Hall–Kier alpha value is -5.18. The Morgan fingerprint density at radius 2 is 1.70 bits per heavy atom. The number of nitriles is 1. The standard InChI is InChI=1S/C47H51N5O8S3/c1-46(2)38(51-26-10-13-31-18-22-36(62(54,55)56)42(46)44(31)51)15-6-4-7-16-39-47(3,43-37(63(57,58)59)23-19-32-14-11-27-52(39)45(32)43)24-9-5-8-17-40(53)49-25-12-28-60-33-20-21-34-35(29-33)61-41(30-48)50-34/h4,6-7,15-16,18-23,29H,5,8-14,17,24-28H2,1-3H3,(H2-,49,53,54,55,56,57,58,59)/p+1. The van der Waals surface area contributed by atoms with Gasteiger partial charge in [0.15, 0.2) is 10.7 Å². The molecule has 63 heavy (non-hydrogen) atoms. The van der Waals surface area contributed by atoms with Gasteiger partial charge in [-0.25, -0.2) is 4.98 Å². The summed E-state index contributed by atoms with van der Waals surface area (Å²) in [7, 11) is -8.98. The summed E-state index contributed by atoms with van der Waals surface area (Å²) in [6.07, 6.45) is 17.0. The number of benzene rings is 3. The number of carbonyl (C=O) groups excluding carboxylic acids is 1. The van der Waals surface area contributed by atoms with Crippen molar-refractivity contribution in [3.63, 3.8) is 0 Å². The molecule has 330 valence electrons. The molecule has 1 aromatic heterocycles. The first-order valence-electron chi connectivity index (χ1n) is 21.5. The third-order valence-electron chi connectivity index (χ3n) is 12.8. The number of carbonyl (C=O) groups is 1. The molecule has 0 aliphatic carbocycles. The molecule has 4 aliphatic heterocycles. The predicted molar refractivity (Wildman–Crippen MR) is 244 cm³/mol. The third-order valence-corrected chi connectivity index (χ3v) is 15.6. The van der Waals surface area contributed by atoms with Gasteiger partial charge in [0.2, 0.25) is 11.6 Å². The molecular weight excluding hydrogens is 859 g/mol. The number of aryl methyl sites for hydroxylation is 2. The number of thiazole rings is 1. The van der Waals surface area contributed by atoms with Crippen LogP contribution in [0.5, 0.6) is 5.75 Å². The highest BCUT2D eigenvalue weighted by Crippen LogP contribution is 2.56. The second-order valence-corrected chi connectivity index (χ2v) is 21.2. The van der Waals surface area contributed by atoms with Crippen molar-refractivity contribution >= 4 is 64.8 Å². The Kier molecular flexibility index (Phi) is 12.3. The number of hydrogen-bond acceptors (Lipinski definition) is 10. The summed E-state index contributed by atoms with van der Waals surface area (Å²) >= 11 is 1.32. The summed E-state index contributed by atoms with van der Waals surface area (Å²) in [6.45, 7) is 8.34. The summed E-state index contributed by atoms with van der Waals surface area (Å²) in [6, 6.07) is 14.2. The van der Waals surface area contributed by atoms with E-state index in [4.69, 9.17) is 10.00 Å². The zero-order valence-corrected chi connectivity index (χ0v) is 38.1. The molecule has 0 fully saturated rings. The first-order valence-corrected chi connectivity index (χ1v) is 25.2. The normalized spacial score (nSPS) is 19.6. The number of rotatable bonds is 16. The lowest BCUT2D eigenvalue weighted by Gasteiger charge is -2.32. The Balaban J connectivity index is 0.934. The maximum absolute atomic E-state index is 12.9. The topological polar surface area (TPSA) is 190 Å². The Labute approximate surface area is 373 Å². The van der Waals surface area contributed by atoms with Crippen LogP contribution in [0.2, 0.25) is 0 Å². The number of aromatic nitrogens is 1. The lowest BCUT2D eigenvalue weighted by Crippen LogP contribution is -2.31. The fourth-order valence-electron chi connectivity index (χ4n) is 10.0. The molecule has 0 radical (unpaired) electrons. The molecule has 1 amide bonds. The van der Waals surface area contributed by atoms with E-state index in [0.717, 1.165) is 89.2 Å². The maximum Gasteiger partial charge on any atom is 0.295 e. The van der Waals surface area contributed by atoms with Gasteiger partial charge in [-0.1, -0.05) is 43.2 Å². The van der Waals surface area contributed by atoms with Crippen molar-refractivity contribution in [1.29, 1.82) is 5.26 Å². The first-order chi connectivity index (χ1) is 30.0. The van der Waals surface area contributed by atoms with E-state index in [1.165, 1.54) is 23.5 Å². The van der Waals surface area contributed by atoms with Gasteiger partial charge >= 0.3 is 0 Å². The minimum atomic E-state index is -4.54. The van der Waals surface area contributed by atoms with Crippen LogP contribution < -0.4 is 15.0 Å². The van der Waals surface area contributed by atoms with Crippen molar-refractivity contribution in [2.45, 2.75) is 106 Å². The van der Waals surface area contributed by atoms with E-state index in [9.17, 15) is 30.7 Å². The van der Waals surface area contributed by atoms with E-state index in [0.29, 0.717) is 67.3 Å². The van der Waals surface area contributed by atoms with E-state index >= 15 is 0 Å². The van der Waals surface area contributed by atoms with E-state index in [-0.39, 0.29) is 15.7 Å². The summed E-state index contributed by atoms with van der Waals surface area (Å²) in [4.78, 5) is 19.0. The number of fused-ring (bicyclic) bond motifs is 1. The highest BCUT2D eigenvalue weighted by molar-refractivity contribution is 7.86. The van der Waals surface area contributed by atoms with Crippen LogP contribution in [0.4, 0.5) is 11.4 Å². The molecule has 0 saturated carbocycles. The van der Waals surface area contributed by atoms with Crippen molar-refractivity contribution in [1.82, 2.24) is 10.3 Å².